The number of thioether (sulfide) groups is 1. The van der Waals surface area contributed by atoms with Crippen LogP contribution in [0.5, 0.6) is 5.75 Å². The molecule has 0 aliphatic carbocycles. The van der Waals surface area contributed by atoms with E-state index in [0.29, 0.717) is 5.69 Å². The molecule has 9 heteroatoms. The van der Waals surface area contributed by atoms with E-state index in [4.69, 9.17) is 4.74 Å². The van der Waals surface area contributed by atoms with E-state index in [9.17, 15) is 14.4 Å². The molecule has 122 valence electrons. The van der Waals surface area contributed by atoms with Crippen molar-refractivity contribution in [2.45, 2.75) is 25.0 Å². The number of H-pyrrole nitrogens is 2. The van der Waals surface area contributed by atoms with Crippen molar-refractivity contribution < 1.29 is 9.53 Å². The van der Waals surface area contributed by atoms with Crippen LogP contribution in [0.25, 0.3) is 0 Å². The molecule has 1 amide bonds. The largest absolute Gasteiger partial charge is 0.491 e. The van der Waals surface area contributed by atoms with Gasteiger partial charge in [0.1, 0.15) is 5.75 Å². The fourth-order valence-corrected chi connectivity index (χ4v) is 2.29. The van der Waals surface area contributed by atoms with Gasteiger partial charge in [-0.25, -0.2) is 9.89 Å². The number of amides is 1. The Morgan fingerprint density at radius 3 is 2.61 bits per heavy atom. The molecule has 0 saturated heterocycles. The Bertz CT molecular complexity index is 782. The summed E-state index contributed by atoms with van der Waals surface area (Å²) < 4.78 is 5.51. The number of nitrogens with one attached hydrogen (secondary N) is 3. The molecule has 0 spiro atoms. The lowest BCUT2D eigenvalue weighted by Crippen LogP contribution is -2.25. The lowest BCUT2D eigenvalue weighted by molar-refractivity contribution is -0.113. The molecule has 0 fully saturated rings. The van der Waals surface area contributed by atoms with Crippen LogP contribution in [-0.4, -0.2) is 32.9 Å². The maximum atomic E-state index is 11.9. The summed E-state index contributed by atoms with van der Waals surface area (Å²) in [5, 5.41) is 8.41. The molecule has 0 bridgehead atoms. The van der Waals surface area contributed by atoms with Crippen molar-refractivity contribution in [3.63, 3.8) is 0 Å². The first-order valence-corrected chi connectivity index (χ1v) is 7.81. The summed E-state index contributed by atoms with van der Waals surface area (Å²) in [6.07, 6.45) is 0.0785. The van der Waals surface area contributed by atoms with Crippen molar-refractivity contribution in [3.8, 4) is 5.75 Å². The van der Waals surface area contributed by atoms with Gasteiger partial charge in [0.05, 0.1) is 11.9 Å². The monoisotopic (exact) mass is 336 g/mol. The molecule has 0 aliphatic rings. The van der Waals surface area contributed by atoms with E-state index in [1.165, 1.54) is 0 Å². The van der Waals surface area contributed by atoms with Gasteiger partial charge in [-0.15, -0.1) is 0 Å². The second-order valence-corrected chi connectivity index (χ2v) is 5.80. The molecule has 2 rings (SSSR count). The summed E-state index contributed by atoms with van der Waals surface area (Å²) in [7, 11) is 0. The third-order valence-corrected chi connectivity index (χ3v) is 3.49. The lowest BCUT2D eigenvalue weighted by atomic mass is 10.3. The van der Waals surface area contributed by atoms with Crippen molar-refractivity contribution in [1.82, 2.24) is 15.2 Å². The SMILES string of the molecule is CC(C)Oc1ccc(NC(=O)CSc2n[nH]c(=O)[nH]c2=O)cc1. The van der Waals surface area contributed by atoms with Crippen LogP contribution in [0.3, 0.4) is 0 Å². The Kier molecular flexibility index (Phi) is 5.58. The summed E-state index contributed by atoms with van der Waals surface area (Å²) in [6, 6.07) is 6.98. The minimum absolute atomic E-state index is 0.00757. The average molecular weight is 336 g/mol. The number of hydrogen-bond acceptors (Lipinski definition) is 6. The van der Waals surface area contributed by atoms with Crippen LogP contribution in [0, 0.1) is 0 Å². The molecule has 2 aromatic rings. The number of ether oxygens (including phenoxy) is 1. The number of carbonyl (C=O) groups is 1. The number of anilines is 1. The van der Waals surface area contributed by atoms with Crippen molar-refractivity contribution in [2.24, 2.45) is 0 Å². The molecule has 0 saturated carbocycles. The summed E-state index contributed by atoms with van der Waals surface area (Å²) in [4.78, 5) is 36.2. The van der Waals surface area contributed by atoms with Crippen molar-refractivity contribution in [1.29, 1.82) is 0 Å². The van der Waals surface area contributed by atoms with Crippen LogP contribution in [-0.2, 0) is 4.79 Å². The minimum Gasteiger partial charge on any atom is -0.491 e. The van der Waals surface area contributed by atoms with Crippen molar-refractivity contribution in [3.05, 3.63) is 45.1 Å². The van der Waals surface area contributed by atoms with Crippen molar-refractivity contribution in [2.75, 3.05) is 11.1 Å². The normalized spacial score (nSPS) is 10.6. The molecule has 3 N–H and O–H groups in total. The lowest BCUT2D eigenvalue weighted by Gasteiger charge is -2.10. The zero-order chi connectivity index (χ0) is 16.8. The minimum atomic E-state index is -0.687. The molecule has 1 aromatic heterocycles. The summed E-state index contributed by atoms with van der Waals surface area (Å²) in [5.41, 5.74) is -0.690. The predicted molar refractivity (Wildman–Crippen MR) is 87.0 cm³/mol. The highest BCUT2D eigenvalue weighted by molar-refractivity contribution is 7.99. The number of rotatable bonds is 6. The van der Waals surface area contributed by atoms with Gasteiger partial charge in [-0.3, -0.25) is 14.6 Å². The van der Waals surface area contributed by atoms with Gasteiger partial charge in [-0.1, -0.05) is 11.8 Å². The van der Waals surface area contributed by atoms with Crippen LogP contribution >= 0.6 is 11.8 Å². The van der Waals surface area contributed by atoms with Crippen LogP contribution < -0.4 is 21.3 Å². The molecule has 0 unspecified atom stereocenters. The fourth-order valence-electron chi connectivity index (χ4n) is 1.65. The third kappa shape index (κ3) is 5.29. The molecule has 1 heterocycles. The molecule has 8 nitrogen and oxygen atoms in total. The molecule has 1 aromatic carbocycles. The Labute approximate surface area is 135 Å². The maximum Gasteiger partial charge on any atom is 0.342 e. The Balaban J connectivity index is 1.89. The standard InChI is InChI=1S/C14H16N4O4S/c1-8(2)22-10-5-3-9(4-6-10)15-11(19)7-23-13-12(20)16-14(21)18-17-13/h3-6,8H,7H2,1-2H3,(H,15,19)(H2,16,18,20,21). The van der Waals surface area contributed by atoms with Crippen LogP contribution in [0.2, 0.25) is 0 Å². The van der Waals surface area contributed by atoms with Crippen molar-refractivity contribution >= 4 is 23.4 Å². The van der Waals surface area contributed by atoms with Gasteiger partial charge in [0.15, 0.2) is 5.03 Å². The molecule has 0 aliphatic heterocycles. The first-order valence-electron chi connectivity index (χ1n) is 6.82. The van der Waals surface area contributed by atoms with E-state index in [0.717, 1.165) is 17.5 Å². The molecule has 0 radical (unpaired) electrons. The van der Waals surface area contributed by atoms with E-state index >= 15 is 0 Å². The molecule has 23 heavy (non-hydrogen) atoms. The van der Waals surface area contributed by atoms with Gasteiger partial charge in [-0.05, 0) is 38.1 Å². The average Bonchev–Trinajstić information content (AvgIpc) is 2.48. The molecular weight excluding hydrogens is 320 g/mol. The summed E-state index contributed by atoms with van der Waals surface area (Å²) >= 11 is 0.933. The van der Waals surface area contributed by atoms with E-state index in [1.54, 1.807) is 24.3 Å². The Morgan fingerprint density at radius 1 is 1.30 bits per heavy atom. The zero-order valence-corrected chi connectivity index (χ0v) is 13.4. The van der Waals surface area contributed by atoms with Gasteiger partial charge in [0.25, 0.3) is 5.56 Å². The van der Waals surface area contributed by atoms with Gasteiger partial charge in [-0.2, -0.15) is 5.10 Å². The third-order valence-electron chi connectivity index (χ3n) is 2.53. The number of aromatic nitrogens is 3. The van der Waals surface area contributed by atoms with E-state index < -0.39 is 11.2 Å². The molecule has 0 atom stereocenters. The van der Waals surface area contributed by atoms with E-state index in [1.807, 2.05) is 18.8 Å². The zero-order valence-electron chi connectivity index (χ0n) is 12.6. The first kappa shape index (κ1) is 16.8. The Morgan fingerprint density at radius 2 is 2.00 bits per heavy atom. The highest BCUT2D eigenvalue weighted by Crippen LogP contribution is 2.17. The first-order chi connectivity index (χ1) is 10.9. The van der Waals surface area contributed by atoms with E-state index in [2.05, 4.69) is 15.5 Å². The fraction of sp³-hybridized carbons (Fsp3) is 0.286. The molecular formula is C14H16N4O4S. The van der Waals surface area contributed by atoms with Gasteiger partial charge < -0.3 is 10.1 Å². The van der Waals surface area contributed by atoms with E-state index in [-0.39, 0.29) is 22.8 Å². The smallest absolute Gasteiger partial charge is 0.342 e. The van der Waals surface area contributed by atoms with Crippen LogP contribution in [0.1, 0.15) is 13.8 Å². The maximum absolute atomic E-state index is 11.9. The number of nitrogens with zero attached hydrogens (tertiary/aromatic N) is 1. The number of hydrogen-bond donors (Lipinski definition) is 3. The van der Waals surface area contributed by atoms with Crippen LogP contribution in [0.15, 0.2) is 38.9 Å². The van der Waals surface area contributed by atoms with Crippen LogP contribution in [0.4, 0.5) is 5.69 Å². The van der Waals surface area contributed by atoms with Gasteiger partial charge in [0, 0.05) is 5.69 Å². The second-order valence-electron chi connectivity index (χ2n) is 4.84. The predicted octanol–water partition coefficient (Wildman–Crippen LogP) is 0.976. The topological polar surface area (TPSA) is 117 Å². The number of carbonyl (C=O) groups excluding carboxylic acids is 1. The van der Waals surface area contributed by atoms with Gasteiger partial charge >= 0.3 is 5.69 Å². The highest BCUT2D eigenvalue weighted by atomic mass is 32.2. The number of benzene rings is 1. The summed E-state index contributed by atoms with van der Waals surface area (Å²) in [6.45, 7) is 3.86. The van der Waals surface area contributed by atoms with Gasteiger partial charge in [0.2, 0.25) is 5.91 Å². The summed E-state index contributed by atoms with van der Waals surface area (Å²) in [5.74, 6) is 0.420. The Hall–Kier alpha value is -2.55. The highest BCUT2D eigenvalue weighted by Gasteiger charge is 2.08. The quantitative estimate of drug-likeness (QED) is 0.677. The second kappa shape index (κ2) is 7.63. The number of aromatic amines is 2.